The van der Waals surface area contributed by atoms with Gasteiger partial charge in [0.05, 0.1) is 7.11 Å². The molecule has 0 aromatic carbocycles. The maximum atomic E-state index is 11.1. The van der Waals surface area contributed by atoms with Gasteiger partial charge in [0.2, 0.25) is 0 Å². The molecule has 1 rings (SSSR count). The summed E-state index contributed by atoms with van der Waals surface area (Å²) in [5, 5.41) is 0. The predicted molar refractivity (Wildman–Crippen MR) is 57.4 cm³/mol. The quantitative estimate of drug-likeness (QED) is 0.406. The third-order valence-corrected chi connectivity index (χ3v) is 3.18. The largest absolute Gasteiger partial charge is 0.469 e. The zero-order chi connectivity index (χ0) is 11.3. The number of methoxy groups -OCH3 is 1. The Morgan fingerprint density at radius 1 is 1.67 bits per heavy atom. The Hall–Kier alpha value is -1.12. The molecule has 15 heavy (non-hydrogen) atoms. The third kappa shape index (κ3) is 3.18. The molecule has 0 radical (unpaired) electrons. The molecule has 0 aromatic rings. The van der Waals surface area contributed by atoms with Gasteiger partial charge in [-0.05, 0) is 32.6 Å². The van der Waals surface area contributed by atoms with E-state index < -0.39 is 0 Å². The molecule has 0 bridgehead atoms. The zero-order valence-corrected chi connectivity index (χ0v) is 9.41. The van der Waals surface area contributed by atoms with Crippen LogP contribution in [-0.2, 0) is 14.3 Å². The van der Waals surface area contributed by atoms with E-state index in [-0.39, 0.29) is 11.4 Å². The van der Waals surface area contributed by atoms with Crippen molar-refractivity contribution in [1.82, 2.24) is 0 Å². The normalized spacial score (nSPS) is 25.6. The number of allylic oxidation sites excluding steroid dienone is 2. The Bertz CT molecular complexity index is 281. The summed E-state index contributed by atoms with van der Waals surface area (Å²) in [6.45, 7) is 2.08. The van der Waals surface area contributed by atoms with E-state index in [2.05, 4.69) is 17.7 Å². The number of esters is 1. The highest BCUT2D eigenvalue weighted by atomic mass is 16.5. The van der Waals surface area contributed by atoms with Crippen molar-refractivity contribution in [2.45, 2.75) is 39.0 Å². The van der Waals surface area contributed by atoms with Crippen LogP contribution in [0, 0.1) is 5.41 Å². The fourth-order valence-corrected chi connectivity index (χ4v) is 1.87. The molecule has 0 heterocycles. The van der Waals surface area contributed by atoms with Gasteiger partial charge in [0, 0.05) is 11.8 Å². The predicted octanol–water partition coefficient (Wildman–Crippen LogP) is 2.26. The highest BCUT2D eigenvalue weighted by Gasteiger charge is 2.31. The number of carbonyl (C=O) groups is 2. The summed E-state index contributed by atoms with van der Waals surface area (Å²) >= 11 is 0. The van der Waals surface area contributed by atoms with Crippen molar-refractivity contribution >= 4 is 12.3 Å². The molecular weight excluding hydrogens is 192 g/mol. The molecule has 84 valence electrons. The van der Waals surface area contributed by atoms with Crippen LogP contribution in [0.1, 0.15) is 39.0 Å². The van der Waals surface area contributed by atoms with Gasteiger partial charge in [0.1, 0.15) is 6.29 Å². The van der Waals surface area contributed by atoms with E-state index in [1.54, 1.807) is 0 Å². The van der Waals surface area contributed by atoms with Gasteiger partial charge in [-0.1, -0.05) is 11.6 Å². The Morgan fingerprint density at radius 3 is 2.87 bits per heavy atom. The standard InChI is InChI=1S/C12H18O3/c1-10-3-6-12(9-13,7-4-10)8-5-11(14)15-2/h3,9H,4-8H2,1-2H3/t12-/m1/s1. The van der Waals surface area contributed by atoms with Gasteiger partial charge < -0.3 is 9.53 Å². The molecule has 3 nitrogen and oxygen atoms in total. The maximum absolute atomic E-state index is 11.1. The van der Waals surface area contributed by atoms with Crippen LogP contribution in [0.25, 0.3) is 0 Å². The summed E-state index contributed by atoms with van der Waals surface area (Å²) in [4.78, 5) is 22.1. The lowest BCUT2D eigenvalue weighted by Crippen LogP contribution is -2.26. The Morgan fingerprint density at radius 2 is 2.40 bits per heavy atom. The minimum Gasteiger partial charge on any atom is -0.469 e. The van der Waals surface area contributed by atoms with Crippen LogP contribution >= 0.6 is 0 Å². The zero-order valence-electron chi connectivity index (χ0n) is 9.41. The molecule has 0 amide bonds. The molecule has 0 fully saturated rings. The van der Waals surface area contributed by atoms with Crippen molar-refractivity contribution in [2.24, 2.45) is 5.41 Å². The summed E-state index contributed by atoms with van der Waals surface area (Å²) in [6.07, 6.45) is 6.64. The van der Waals surface area contributed by atoms with Crippen molar-refractivity contribution in [3.05, 3.63) is 11.6 Å². The molecule has 1 aliphatic rings. The van der Waals surface area contributed by atoms with E-state index in [4.69, 9.17) is 0 Å². The number of hydrogen-bond donors (Lipinski definition) is 0. The highest BCUT2D eigenvalue weighted by Crippen LogP contribution is 2.37. The molecular formula is C12H18O3. The average molecular weight is 210 g/mol. The summed E-state index contributed by atoms with van der Waals surface area (Å²) < 4.78 is 4.58. The smallest absolute Gasteiger partial charge is 0.305 e. The van der Waals surface area contributed by atoms with Crippen molar-refractivity contribution in [3.63, 3.8) is 0 Å². The first kappa shape index (κ1) is 12.0. The van der Waals surface area contributed by atoms with Gasteiger partial charge in [0.25, 0.3) is 0 Å². The van der Waals surface area contributed by atoms with Crippen molar-refractivity contribution in [2.75, 3.05) is 7.11 Å². The van der Waals surface area contributed by atoms with Gasteiger partial charge in [0.15, 0.2) is 0 Å². The van der Waals surface area contributed by atoms with Crippen LogP contribution in [0.4, 0.5) is 0 Å². The summed E-state index contributed by atoms with van der Waals surface area (Å²) in [5.41, 5.74) is 1.01. The summed E-state index contributed by atoms with van der Waals surface area (Å²) in [5.74, 6) is -0.234. The maximum Gasteiger partial charge on any atom is 0.305 e. The second-order valence-corrected chi connectivity index (χ2v) is 4.31. The van der Waals surface area contributed by atoms with E-state index in [1.165, 1.54) is 12.7 Å². The number of ether oxygens (including phenoxy) is 1. The van der Waals surface area contributed by atoms with Gasteiger partial charge in [-0.2, -0.15) is 0 Å². The SMILES string of the molecule is COC(=O)CC[C@@]1(C=O)CC=C(C)CC1. The lowest BCUT2D eigenvalue weighted by atomic mass is 9.73. The fourth-order valence-electron chi connectivity index (χ4n) is 1.87. The van der Waals surface area contributed by atoms with Gasteiger partial charge in [-0.25, -0.2) is 0 Å². The molecule has 1 aliphatic carbocycles. The molecule has 1 atom stereocenters. The number of hydrogen-bond acceptors (Lipinski definition) is 3. The lowest BCUT2D eigenvalue weighted by molar-refractivity contribution is -0.141. The monoisotopic (exact) mass is 210 g/mol. The molecule has 0 unspecified atom stereocenters. The van der Waals surface area contributed by atoms with Crippen LogP contribution in [-0.4, -0.2) is 19.4 Å². The van der Waals surface area contributed by atoms with E-state index >= 15 is 0 Å². The van der Waals surface area contributed by atoms with Crippen molar-refractivity contribution < 1.29 is 14.3 Å². The molecule has 0 N–H and O–H groups in total. The van der Waals surface area contributed by atoms with E-state index in [0.717, 1.165) is 25.5 Å². The molecule has 0 aliphatic heterocycles. The molecule has 0 spiro atoms. The summed E-state index contributed by atoms with van der Waals surface area (Å²) in [6, 6.07) is 0. The van der Waals surface area contributed by atoms with E-state index in [9.17, 15) is 9.59 Å². The first-order chi connectivity index (χ1) is 7.12. The first-order valence-electron chi connectivity index (χ1n) is 5.31. The second-order valence-electron chi connectivity index (χ2n) is 4.31. The van der Waals surface area contributed by atoms with Gasteiger partial charge >= 0.3 is 5.97 Å². The Balaban J connectivity index is 2.55. The fraction of sp³-hybridized carbons (Fsp3) is 0.667. The number of aldehydes is 1. The van der Waals surface area contributed by atoms with Crippen LogP contribution in [0.5, 0.6) is 0 Å². The molecule has 0 saturated heterocycles. The second kappa shape index (κ2) is 5.10. The highest BCUT2D eigenvalue weighted by molar-refractivity contribution is 5.70. The van der Waals surface area contributed by atoms with Crippen molar-refractivity contribution in [1.29, 1.82) is 0 Å². The number of rotatable bonds is 4. The Labute approximate surface area is 90.5 Å². The Kier molecular flexibility index (Phi) is 4.06. The van der Waals surface area contributed by atoms with Crippen molar-refractivity contribution in [3.8, 4) is 0 Å². The molecule has 0 saturated carbocycles. The van der Waals surface area contributed by atoms with E-state index in [0.29, 0.717) is 12.8 Å². The van der Waals surface area contributed by atoms with Crippen LogP contribution in [0.3, 0.4) is 0 Å². The minimum absolute atomic E-state index is 0.234. The van der Waals surface area contributed by atoms with Crippen LogP contribution in [0.15, 0.2) is 11.6 Å². The van der Waals surface area contributed by atoms with Crippen LogP contribution < -0.4 is 0 Å². The number of carbonyl (C=O) groups excluding carboxylic acids is 2. The molecule has 3 heteroatoms. The third-order valence-electron chi connectivity index (χ3n) is 3.18. The average Bonchev–Trinajstić information content (AvgIpc) is 2.28. The van der Waals surface area contributed by atoms with Crippen LogP contribution in [0.2, 0.25) is 0 Å². The summed E-state index contributed by atoms with van der Waals surface area (Å²) in [7, 11) is 1.38. The molecule has 0 aromatic heterocycles. The van der Waals surface area contributed by atoms with Gasteiger partial charge in [-0.15, -0.1) is 0 Å². The van der Waals surface area contributed by atoms with Gasteiger partial charge in [-0.3, -0.25) is 4.79 Å². The topological polar surface area (TPSA) is 43.4 Å². The van der Waals surface area contributed by atoms with E-state index in [1.807, 2.05) is 0 Å². The first-order valence-corrected chi connectivity index (χ1v) is 5.31. The minimum atomic E-state index is -0.326. The lowest BCUT2D eigenvalue weighted by Gasteiger charge is -2.30.